The van der Waals surface area contributed by atoms with Gasteiger partial charge in [0.15, 0.2) is 5.82 Å². The van der Waals surface area contributed by atoms with Crippen LogP contribution in [0.15, 0.2) is 22.7 Å². The lowest BCUT2D eigenvalue weighted by Gasteiger charge is -2.25. The Kier molecular flexibility index (Phi) is 4.15. The van der Waals surface area contributed by atoms with Gasteiger partial charge in [0.2, 0.25) is 0 Å². The smallest absolute Gasteiger partial charge is 0.260 e. The zero-order chi connectivity index (χ0) is 14.8. The van der Waals surface area contributed by atoms with E-state index in [-0.39, 0.29) is 0 Å². The highest BCUT2D eigenvalue weighted by Gasteiger charge is 2.25. The molecular weight excluding hydrogens is 286 g/mol. The third-order valence-corrected chi connectivity index (χ3v) is 4.84. The van der Waals surface area contributed by atoms with E-state index < -0.39 is 0 Å². The Morgan fingerprint density at radius 3 is 2.76 bits per heavy atom. The zero-order valence-corrected chi connectivity index (χ0v) is 12.9. The molecule has 3 rings (SSSR count). The number of aromatic nitrogens is 2. The molecule has 1 fully saturated rings. The van der Waals surface area contributed by atoms with Gasteiger partial charge in [-0.2, -0.15) is 4.98 Å². The molecule has 21 heavy (non-hydrogen) atoms. The molecule has 0 aliphatic heterocycles. The average molecular weight is 306 g/mol. The van der Waals surface area contributed by atoms with Crippen molar-refractivity contribution in [1.29, 1.82) is 0 Å². The molecule has 2 N–H and O–H groups in total. The molecule has 1 aliphatic rings. The topological polar surface area (TPSA) is 64.9 Å². The summed E-state index contributed by atoms with van der Waals surface area (Å²) < 4.78 is 5.39. The minimum Gasteiger partial charge on any atom is -0.397 e. The number of halogens is 1. The first-order valence-electron chi connectivity index (χ1n) is 7.57. The van der Waals surface area contributed by atoms with Crippen LogP contribution < -0.4 is 5.73 Å². The summed E-state index contributed by atoms with van der Waals surface area (Å²) in [6, 6.07) is 5.44. The lowest BCUT2D eigenvalue weighted by molar-refractivity contribution is 0.305. The van der Waals surface area contributed by atoms with Gasteiger partial charge in [-0.15, -0.1) is 0 Å². The van der Waals surface area contributed by atoms with Crippen LogP contribution in [0.4, 0.5) is 5.69 Å². The van der Waals surface area contributed by atoms with Crippen molar-refractivity contribution < 1.29 is 4.52 Å². The van der Waals surface area contributed by atoms with Crippen LogP contribution in [0, 0.1) is 5.92 Å². The summed E-state index contributed by atoms with van der Waals surface area (Å²) in [5.74, 6) is 2.53. The number of nitrogens with two attached hydrogens (primary N) is 1. The SMILES string of the molecule is CCC1CCC(c2noc(-c3cccc(Cl)c3N)n2)CC1. The van der Waals surface area contributed by atoms with Crippen molar-refractivity contribution in [2.24, 2.45) is 5.92 Å². The van der Waals surface area contributed by atoms with Gasteiger partial charge >= 0.3 is 0 Å². The Bertz CT molecular complexity index is 618. The van der Waals surface area contributed by atoms with Crippen molar-refractivity contribution in [1.82, 2.24) is 10.1 Å². The van der Waals surface area contributed by atoms with E-state index in [2.05, 4.69) is 17.1 Å². The predicted molar refractivity (Wildman–Crippen MR) is 84.1 cm³/mol. The first-order chi connectivity index (χ1) is 10.2. The van der Waals surface area contributed by atoms with Crippen LogP contribution in [0.5, 0.6) is 0 Å². The summed E-state index contributed by atoms with van der Waals surface area (Å²) >= 11 is 6.04. The molecule has 0 spiro atoms. The van der Waals surface area contributed by atoms with Gasteiger partial charge in [0, 0.05) is 5.92 Å². The van der Waals surface area contributed by atoms with Crippen LogP contribution >= 0.6 is 11.6 Å². The van der Waals surface area contributed by atoms with Gasteiger partial charge in [-0.1, -0.05) is 36.2 Å². The maximum absolute atomic E-state index is 6.04. The van der Waals surface area contributed by atoms with Crippen molar-refractivity contribution in [2.75, 3.05) is 5.73 Å². The molecule has 0 atom stereocenters. The van der Waals surface area contributed by atoms with Crippen LogP contribution in [-0.4, -0.2) is 10.1 Å². The van der Waals surface area contributed by atoms with Gasteiger partial charge in [0.05, 0.1) is 16.3 Å². The fraction of sp³-hybridized carbons (Fsp3) is 0.500. The second-order valence-corrected chi connectivity index (χ2v) is 6.19. The molecule has 2 aromatic rings. The Morgan fingerprint density at radius 1 is 1.29 bits per heavy atom. The van der Waals surface area contributed by atoms with Crippen molar-refractivity contribution >= 4 is 17.3 Å². The van der Waals surface area contributed by atoms with E-state index in [4.69, 9.17) is 21.9 Å². The first-order valence-corrected chi connectivity index (χ1v) is 7.94. The van der Waals surface area contributed by atoms with Gasteiger partial charge in [-0.05, 0) is 43.7 Å². The predicted octanol–water partition coefficient (Wildman–Crippen LogP) is 4.66. The first kappa shape index (κ1) is 14.4. The van der Waals surface area contributed by atoms with Gasteiger partial charge < -0.3 is 10.3 Å². The zero-order valence-electron chi connectivity index (χ0n) is 12.2. The number of nitrogen functional groups attached to an aromatic ring is 1. The van der Waals surface area contributed by atoms with Crippen LogP contribution in [0.25, 0.3) is 11.5 Å². The lowest BCUT2D eigenvalue weighted by atomic mass is 9.80. The summed E-state index contributed by atoms with van der Waals surface area (Å²) in [6.07, 6.45) is 6.06. The second kappa shape index (κ2) is 6.06. The largest absolute Gasteiger partial charge is 0.397 e. The Morgan fingerprint density at radius 2 is 2.05 bits per heavy atom. The van der Waals surface area contributed by atoms with Crippen LogP contribution in [0.2, 0.25) is 5.02 Å². The molecule has 4 nitrogen and oxygen atoms in total. The third kappa shape index (κ3) is 2.91. The van der Waals surface area contributed by atoms with Crippen LogP contribution in [0.3, 0.4) is 0 Å². The molecule has 112 valence electrons. The van der Waals surface area contributed by atoms with E-state index in [0.717, 1.165) is 24.6 Å². The van der Waals surface area contributed by atoms with E-state index in [1.54, 1.807) is 6.07 Å². The number of hydrogen-bond donors (Lipinski definition) is 1. The Balaban J connectivity index is 1.79. The number of benzene rings is 1. The highest BCUT2D eigenvalue weighted by atomic mass is 35.5. The minimum atomic E-state index is 0.408. The molecule has 1 aromatic carbocycles. The van der Waals surface area contributed by atoms with Crippen molar-refractivity contribution in [3.8, 4) is 11.5 Å². The van der Waals surface area contributed by atoms with Gasteiger partial charge in [-0.25, -0.2) is 0 Å². The summed E-state index contributed by atoms with van der Waals surface area (Å²) in [6.45, 7) is 2.26. The fourth-order valence-corrected chi connectivity index (χ4v) is 3.24. The second-order valence-electron chi connectivity index (χ2n) is 5.78. The summed E-state index contributed by atoms with van der Waals surface area (Å²) in [4.78, 5) is 4.54. The number of hydrogen-bond acceptors (Lipinski definition) is 4. The Hall–Kier alpha value is -1.55. The van der Waals surface area contributed by atoms with Crippen molar-refractivity contribution in [3.63, 3.8) is 0 Å². The number of anilines is 1. The summed E-state index contributed by atoms with van der Waals surface area (Å²) in [5.41, 5.74) is 7.18. The average Bonchev–Trinajstić information content (AvgIpc) is 3.00. The van der Waals surface area contributed by atoms with Crippen molar-refractivity contribution in [3.05, 3.63) is 29.0 Å². The lowest BCUT2D eigenvalue weighted by Crippen LogP contribution is -2.13. The molecule has 0 unspecified atom stereocenters. The maximum Gasteiger partial charge on any atom is 0.260 e. The van der Waals surface area contributed by atoms with Crippen LogP contribution in [0.1, 0.15) is 50.8 Å². The molecule has 1 aromatic heterocycles. The molecule has 0 saturated heterocycles. The summed E-state index contributed by atoms with van der Waals surface area (Å²) in [5, 5.41) is 4.66. The monoisotopic (exact) mass is 305 g/mol. The van der Waals surface area contributed by atoms with Gasteiger partial charge in [-0.3, -0.25) is 0 Å². The Labute approximate surface area is 129 Å². The minimum absolute atomic E-state index is 0.408. The van der Waals surface area contributed by atoms with E-state index in [1.807, 2.05) is 12.1 Å². The molecule has 1 aliphatic carbocycles. The molecular formula is C16H20ClN3O. The maximum atomic E-state index is 6.04. The number of para-hydroxylation sites is 1. The van der Waals surface area contributed by atoms with E-state index >= 15 is 0 Å². The van der Waals surface area contributed by atoms with E-state index in [0.29, 0.717) is 28.1 Å². The fourth-order valence-electron chi connectivity index (χ4n) is 3.06. The highest BCUT2D eigenvalue weighted by molar-refractivity contribution is 6.33. The molecule has 1 saturated carbocycles. The van der Waals surface area contributed by atoms with Crippen molar-refractivity contribution in [2.45, 2.75) is 44.9 Å². The van der Waals surface area contributed by atoms with Crippen LogP contribution in [-0.2, 0) is 0 Å². The molecule has 0 radical (unpaired) electrons. The number of nitrogens with zero attached hydrogens (tertiary/aromatic N) is 2. The molecule has 1 heterocycles. The van der Waals surface area contributed by atoms with E-state index in [9.17, 15) is 0 Å². The standard InChI is InChI=1S/C16H20ClN3O/c1-2-10-6-8-11(9-7-10)15-19-16(21-20-15)12-4-3-5-13(17)14(12)18/h3-5,10-11H,2,6-9,18H2,1H3. The molecule has 0 bridgehead atoms. The summed E-state index contributed by atoms with van der Waals surface area (Å²) in [7, 11) is 0. The van der Waals surface area contributed by atoms with E-state index in [1.165, 1.54) is 19.3 Å². The third-order valence-electron chi connectivity index (χ3n) is 4.51. The molecule has 0 amide bonds. The molecule has 5 heteroatoms. The highest BCUT2D eigenvalue weighted by Crippen LogP contribution is 2.37. The normalized spacial score (nSPS) is 22.4. The van der Waals surface area contributed by atoms with Gasteiger partial charge in [0.25, 0.3) is 5.89 Å². The number of rotatable bonds is 3. The quantitative estimate of drug-likeness (QED) is 0.838. The van der Waals surface area contributed by atoms with Gasteiger partial charge in [0.1, 0.15) is 0 Å².